The number of aromatic amines is 1. The van der Waals surface area contributed by atoms with Crippen molar-refractivity contribution in [1.29, 1.82) is 0 Å². The number of anilines is 1. The lowest BCUT2D eigenvalue weighted by Crippen LogP contribution is -2.28. The molecule has 1 fully saturated rings. The van der Waals surface area contributed by atoms with Gasteiger partial charge in [0.25, 0.3) is 5.56 Å². The van der Waals surface area contributed by atoms with Crippen LogP contribution in [0, 0.1) is 0 Å². The normalized spacial score (nSPS) is 16.7. The number of nitrogens with one attached hydrogen (secondary N) is 2. The van der Waals surface area contributed by atoms with E-state index in [1.807, 2.05) is 0 Å². The lowest BCUT2D eigenvalue weighted by atomic mass is 9.93. The lowest BCUT2D eigenvalue weighted by molar-refractivity contribution is 0.444. The summed E-state index contributed by atoms with van der Waals surface area (Å²) in [5, 5.41) is 3.27. The van der Waals surface area contributed by atoms with Crippen molar-refractivity contribution < 1.29 is 0 Å². The van der Waals surface area contributed by atoms with Crippen LogP contribution in [-0.4, -0.2) is 16.0 Å². The lowest BCUT2D eigenvalue weighted by Gasteiger charge is -2.26. The van der Waals surface area contributed by atoms with E-state index in [0.717, 1.165) is 12.8 Å². The summed E-state index contributed by atoms with van der Waals surface area (Å²) < 4.78 is 0. The van der Waals surface area contributed by atoms with E-state index in [4.69, 9.17) is 11.6 Å². The minimum atomic E-state index is -0.293. The Hall–Kier alpha value is -1.03. The van der Waals surface area contributed by atoms with Crippen LogP contribution in [0.4, 0.5) is 5.82 Å². The molecule has 0 spiro atoms. The smallest absolute Gasteiger partial charge is 0.271 e. The van der Waals surface area contributed by atoms with Gasteiger partial charge in [-0.25, -0.2) is 4.98 Å². The Morgan fingerprint density at radius 2 is 2.38 bits per heavy atom. The molecular weight excluding hydrogens is 190 g/mol. The third-order valence-electron chi connectivity index (χ3n) is 2.24. The van der Waals surface area contributed by atoms with Gasteiger partial charge in [-0.15, -0.1) is 0 Å². The van der Waals surface area contributed by atoms with Gasteiger partial charge in [0.05, 0.1) is 6.33 Å². The molecule has 4 nitrogen and oxygen atoms in total. The van der Waals surface area contributed by atoms with Crippen LogP contribution in [0.15, 0.2) is 11.1 Å². The number of halogens is 1. The van der Waals surface area contributed by atoms with Crippen molar-refractivity contribution in [2.24, 2.45) is 0 Å². The Morgan fingerprint density at radius 1 is 1.62 bits per heavy atom. The molecule has 0 aromatic carbocycles. The van der Waals surface area contributed by atoms with E-state index in [0.29, 0.717) is 11.9 Å². The van der Waals surface area contributed by atoms with Gasteiger partial charge in [-0.1, -0.05) is 11.6 Å². The maximum Gasteiger partial charge on any atom is 0.271 e. The Balaban J connectivity index is 2.19. The number of aromatic nitrogens is 2. The summed E-state index contributed by atoms with van der Waals surface area (Å²) in [4.78, 5) is 17.4. The second-order valence-corrected chi connectivity index (χ2v) is 3.54. The second kappa shape index (κ2) is 3.38. The summed E-state index contributed by atoms with van der Waals surface area (Å²) in [6.45, 7) is 0. The van der Waals surface area contributed by atoms with Crippen LogP contribution < -0.4 is 10.9 Å². The maximum absolute atomic E-state index is 11.1. The van der Waals surface area contributed by atoms with Gasteiger partial charge in [-0.05, 0) is 19.3 Å². The standard InChI is InChI=1S/C8H10ClN3O/c9-6-7(10-4-11-8(6)13)12-5-2-1-3-5/h4-5H,1-3H2,(H2,10,11,12,13). The van der Waals surface area contributed by atoms with Gasteiger partial charge >= 0.3 is 0 Å². The van der Waals surface area contributed by atoms with E-state index in [-0.39, 0.29) is 10.6 Å². The largest absolute Gasteiger partial charge is 0.366 e. The Labute approximate surface area is 80.3 Å². The molecule has 0 saturated heterocycles. The minimum absolute atomic E-state index is 0.148. The van der Waals surface area contributed by atoms with Gasteiger partial charge in [-0.2, -0.15) is 0 Å². The van der Waals surface area contributed by atoms with Gasteiger partial charge in [-0.3, -0.25) is 4.79 Å². The molecule has 1 aliphatic carbocycles. The monoisotopic (exact) mass is 199 g/mol. The van der Waals surface area contributed by atoms with Gasteiger partial charge in [0.15, 0.2) is 5.82 Å². The van der Waals surface area contributed by atoms with Gasteiger partial charge in [0.2, 0.25) is 0 Å². The zero-order valence-electron chi connectivity index (χ0n) is 7.01. The average molecular weight is 200 g/mol. The van der Waals surface area contributed by atoms with Crippen molar-refractivity contribution in [3.63, 3.8) is 0 Å². The summed E-state index contributed by atoms with van der Waals surface area (Å²) in [6.07, 6.45) is 4.85. The number of nitrogens with zero attached hydrogens (tertiary/aromatic N) is 1. The van der Waals surface area contributed by atoms with E-state index in [2.05, 4.69) is 15.3 Å². The molecule has 1 heterocycles. The van der Waals surface area contributed by atoms with Crippen LogP contribution in [0.3, 0.4) is 0 Å². The highest BCUT2D eigenvalue weighted by molar-refractivity contribution is 6.32. The van der Waals surface area contributed by atoms with E-state index in [9.17, 15) is 4.79 Å². The molecule has 70 valence electrons. The van der Waals surface area contributed by atoms with Crippen molar-refractivity contribution in [2.75, 3.05) is 5.32 Å². The van der Waals surface area contributed by atoms with Crippen molar-refractivity contribution in [3.8, 4) is 0 Å². The zero-order valence-corrected chi connectivity index (χ0v) is 7.77. The third kappa shape index (κ3) is 1.67. The van der Waals surface area contributed by atoms with Crippen molar-refractivity contribution in [3.05, 3.63) is 21.7 Å². The highest BCUT2D eigenvalue weighted by Crippen LogP contribution is 2.24. The molecule has 1 aromatic heterocycles. The molecule has 1 aliphatic rings. The topological polar surface area (TPSA) is 57.8 Å². The summed E-state index contributed by atoms with van der Waals surface area (Å²) in [6, 6.07) is 0.437. The molecule has 2 N–H and O–H groups in total. The first kappa shape index (κ1) is 8.56. The molecule has 0 radical (unpaired) electrons. The van der Waals surface area contributed by atoms with E-state index < -0.39 is 0 Å². The summed E-state index contributed by atoms with van der Waals surface area (Å²) in [5.74, 6) is 0.495. The van der Waals surface area contributed by atoms with Gasteiger partial charge < -0.3 is 10.3 Å². The predicted octanol–water partition coefficient (Wildman–Crippen LogP) is 1.39. The first-order valence-corrected chi connectivity index (χ1v) is 4.65. The van der Waals surface area contributed by atoms with E-state index in [1.165, 1.54) is 12.7 Å². The van der Waals surface area contributed by atoms with Crippen LogP contribution in [-0.2, 0) is 0 Å². The van der Waals surface area contributed by atoms with Crippen molar-refractivity contribution >= 4 is 17.4 Å². The second-order valence-electron chi connectivity index (χ2n) is 3.17. The van der Waals surface area contributed by atoms with Crippen molar-refractivity contribution in [1.82, 2.24) is 9.97 Å². The fraction of sp³-hybridized carbons (Fsp3) is 0.500. The molecule has 0 bridgehead atoms. The molecular formula is C8H10ClN3O. The predicted molar refractivity (Wildman–Crippen MR) is 51.1 cm³/mol. The molecule has 0 amide bonds. The zero-order chi connectivity index (χ0) is 9.26. The molecule has 13 heavy (non-hydrogen) atoms. The summed E-state index contributed by atoms with van der Waals surface area (Å²) >= 11 is 5.75. The van der Waals surface area contributed by atoms with E-state index in [1.54, 1.807) is 0 Å². The molecule has 0 aliphatic heterocycles. The first-order chi connectivity index (χ1) is 6.27. The van der Waals surface area contributed by atoms with E-state index >= 15 is 0 Å². The van der Waals surface area contributed by atoms with Crippen LogP contribution in [0.2, 0.25) is 5.02 Å². The van der Waals surface area contributed by atoms with Crippen LogP contribution in [0.25, 0.3) is 0 Å². The van der Waals surface area contributed by atoms with Crippen LogP contribution >= 0.6 is 11.6 Å². The fourth-order valence-corrected chi connectivity index (χ4v) is 1.39. The molecule has 1 aromatic rings. The maximum atomic E-state index is 11.1. The Bertz CT molecular complexity index is 359. The highest BCUT2D eigenvalue weighted by Gasteiger charge is 2.18. The van der Waals surface area contributed by atoms with Crippen LogP contribution in [0.1, 0.15) is 19.3 Å². The third-order valence-corrected chi connectivity index (χ3v) is 2.59. The Morgan fingerprint density at radius 3 is 3.00 bits per heavy atom. The number of hydrogen-bond donors (Lipinski definition) is 2. The van der Waals surface area contributed by atoms with Gasteiger partial charge in [0.1, 0.15) is 5.02 Å². The van der Waals surface area contributed by atoms with Gasteiger partial charge in [0, 0.05) is 6.04 Å². The minimum Gasteiger partial charge on any atom is -0.366 e. The quantitative estimate of drug-likeness (QED) is 0.757. The summed E-state index contributed by atoms with van der Waals surface area (Å²) in [5.41, 5.74) is -0.293. The first-order valence-electron chi connectivity index (χ1n) is 4.27. The summed E-state index contributed by atoms with van der Waals surface area (Å²) in [7, 11) is 0. The molecule has 0 atom stereocenters. The van der Waals surface area contributed by atoms with Crippen LogP contribution in [0.5, 0.6) is 0 Å². The molecule has 5 heteroatoms. The average Bonchev–Trinajstić information content (AvgIpc) is 2.04. The molecule has 2 rings (SSSR count). The number of hydrogen-bond acceptors (Lipinski definition) is 3. The molecule has 1 saturated carbocycles. The fourth-order valence-electron chi connectivity index (χ4n) is 1.23. The van der Waals surface area contributed by atoms with Crippen molar-refractivity contribution in [2.45, 2.75) is 25.3 Å². The SMILES string of the molecule is O=c1[nH]cnc(NC2CCC2)c1Cl. The highest BCUT2D eigenvalue weighted by atomic mass is 35.5. The number of rotatable bonds is 2. The number of H-pyrrole nitrogens is 1. The molecule has 0 unspecified atom stereocenters. The Kier molecular flexibility index (Phi) is 2.22.